The molecule has 1 saturated carbocycles. The van der Waals surface area contributed by atoms with Crippen LogP contribution in [0.5, 0.6) is 5.75 Å². The van der Waals surface area contributed by atoms with E-state index < -0.39 is 23.9 Å². The number of benzene rings is 1. The third-order valence-corrected chi connectivity index (χ3v) is 4.85. The van der Waals surface area contributed by atoms with Crippen molar-refractivity contribution in [1.82, 2.24) is 4.57 Å². The number of carbonyl (C=O) groups is 1. The number of esters is 1. The van der Waals surface area contributed by atoms with E-state index in [-0.39, 0.29) is 31.8 Å². The minimum Gasteiger partial charge on any atom is -0.492 e. The van der Waals surface area contributed by atoms with Crippen molar-refractivity contribution in [3.8, 4) is 5.75 Å². The van der Waals surface area contributed by atoms with Gasteiger partial charge in [0.2, 0.25) is 0 Å². The monoisotopic (exact) mass is 414 g/mol. The highest BCUT2D eigenvalue weighted by Crippen LogP contribution is 2.34. The van der Waals surface area contributed by atoms with Crippen molar-refractivity contribution in [3.05, 3.63) is 27.7 Å². The SMILES string of the molecule is NC(CO)(Cn1c(=O)oc2cc(OCC3CC3)c(Cl)cc21)C(=O)OCCCO. The zero-order valence-electron chi connectivity index (χ0n) is 15.2. The van der Waals surface area contributed by atoms with Crippen molar-refractivity contribution in [3.63, 3.8) is 0 Å². The molecule has 1 unspecified atom stereocenters. The Morgan fingerprint density at radius 2 is 2.14 bits per heavy atom. The van der Waals surface area contributed by atoms with Gasteiger partial charge in [-0.2, -0.15) is 0 Å². The second kappa shape index (κ2) is 8.52. The summed E-state index contributed by atoms with van der Waals surface area (Å²) in [4.78, 5) is 24.5. The molecule has 28 heavy (non-hydrogen) atoms. The van der Waals surface area contributed by atoms with Crippen molar-refractivity contribution in [1.29, 1.82) is 0 Å². The minimum atomic E-state index is -1.86. The van der Waals surface area contributed by atoms with E-state index in [2.05, 4.69) is 0 Å². The normalized spacial score (nSPS) is 16.1. The van der Waals surface area contributed by atoms with Crippen LogP contribution < -0.4 is 16.2 Å². The van der Waals surface area contributed by atoms with Crippen molar-refractivity contribution in [2.75, 3.05) is 26.4 Å². The van der Waals surface area contributed by atoms with Gasteiger partial charge in [-0.15, -0.1) is 0 Å². The number of oxazole rings is 1. The molecule has 1 atom stereocenters. The lowest BCUT2D eigenvalue weighted by Gasteiger charge is -2.25. The number of aliphatic hydroxyl groups excluding tert-OH is 2. The van der Waals surface area contributed by atoms with Gasteiger partial charge in [-0.05, 0) is 24.8 Å². The number of carbonyl (C=O) groups excluding carboxylic acids is 1. The van der Waals surface area contributed by atoms with Crippen LogP contribution in [0.3, 0.4) is 0 Å². The molecule has 2 aromatic rings. The van der Waals surface area contributed by atoms with Gasteiger partial charge >= 0.3 is 11.7 Å². The number of rotatable bonds is 10. The highest BCUT2D eigenvalue weighted by Gasteiger charge is 2.37. The van der Waals surface area contributed by atoms with Crippen LogP contribution in [0, 0.1) is 5.92 Å². The first-order valence-electron chi connectivity index (χ1n) is 9.01. The number of hydrogen-bond acceptors (Lipinski definition) is 8. The predicted octanol–water partition coefficient (Wildman–Crippen LogP) is 0.652. The van der Waals surface area contributed by atoms with Crippen LogP contribution in [0.1, 0.15) is 19.3 Å². The zero-order chi connectivity index (χ0) is 20.3. The number of aromatic nitrogens is 1. The molecule has 1 aliphatic rings. The van der Waals surface area contributed by atoms with E-state index in [1.54, 1.807) is 0 Å². The third kappa shape index (κ3) is 4.49. The number of nitrogens with two attached hydrogens (primary N) is 1. The number of hydrogen-bond donors (Lipinski definition) is 3. The number of ether oxygens (including phenoxy) is 2. The highest BCUT2D eigenvalue weighted by atomic mass is 35.5. The van der Waals surface area contributed by atoms with Crippen molar-refractivity contribution in [2.45, 2.75) is 31.3 Å². The number of halogens is 1. The molecule has 0 amide bonds. The first-order chi connectivity index (χ1) is 13.4. The molecule has 9 nitrogen and oxygen atoms in total. The third-order valence-electron chi connectivity index (χ3n) is 4.56. The van der Waals surface area contributed by atoms with Gasteiger partial charge in [-0.25, -0.2) is 9.59 Å². The Morgan fingerprint density at radius 3 is 2.79 bits per heavy atom. The van der Waals surface area contributed by atoms with Crippen LogP contribution in [0.4, 0.5) is 0 Å². The van der Waals surface area contributed by atoms with Crippen LogP contribution in [-0.4, -0.2) is 52.7 Å². The number of aliphatic hydroxyl groups is 2. The van der Waals surface area contributed by atoms with Crippen LogP contribution in [0.15, 0.2) is 21.3 Å². The van der Waals surface area contributed by atoms with E-state index in [1.165, 1.54) is 12.1 Å². The molecule has 0 aliphatic heterocycles. The maximum atomic E-state index is 12.3. The van der Waals surface area contributed by atoms with Crippen LogP contribution >= 0.6 is 11.6 Å². The summed E-state index contributed by atoms with van der Waals surface area (Å²) in [6.45, 7) is -0.777. The molecule has 3 rings (SSSR count). The van der Waals surface area contributed by atoms with Gasteiger partial charge in [-0.1, -0.05) is 11.6 Å². The Labute approximate surface area is 165 Å². The standard InChI is InChI=1S/C18H23ClN2O7/c19-12-6-13-15(7-14(12)27-8-11-2-3-11)28-17(25)21(13)9-18(20,10-23)16(24)26-5-1-4-22/h6-7,11,22-23H,1-5,8-10,20H2. The smallest absolute Gasteiger partial charge is 0.420 e. The highest BCUT2D eigenvalue weighted by molar-refractivity contribution is 6.32. The quantitative estimate of drug-likeness (QED) is 0.380. The number of fused-ring (bicyclic) bond motifs is 1. The summed E-state index contributed by atoms with van der Waals surface area (Å²) in [6.07, 6.45) is 2.49. The lowest BCUT2D eigenvalue weighted by Crippen LogP contribution is -2.56. The lowest BCUT2D eigenvalue weighted by molar-refractivity contribution is -0.152. The van der Waals surface area contributed by atoms with E-state index in [0.717, 1.165) is 17.4 Å². The molecule has 1 fully saturated rings. The molecule has 10 heteroatoms. The molecule has 1 aromatic carbocycles. The Bertz CT molecular complexity index is 905. The maximum Gasteiger partial charge on any atom is 0.420 e. The second-order valence-corrected chi connectivity index (χ2v) is 7.39. The molecule has 0 bridgehead atoms. The van der Waals surface area contributed by atoms with Crippen LogP contribution in [-0.2, 0) is 16.1 Å². The molecular weight excluding hydrogens is 392 g/mol. The maximum absolute atomic E-state index is 12.3. The van der Waals surface area contributed by atoms with Crippen LogP contribution in [0.2, 0.25) is 5.02 Å². The molecule has 0 radical (unpaired) electrons. The van der Waals surface area contributed by atoms with E-state index in [9.17, 15) is 14.7 Å². The Hall–Kier alpha value is -2.07. The Morgan fingerprint density at radius 1 is 1.39 bits per heavy atom. The Kier molecular flexibility index (Phi) is 6.29. The minimum absolute atomic E-state index is 0.0527. The summed E-state index contributed by atoms with van der Waals surface area (Å²) in [6, 6.07) is 3.02. The first-order valence-corrected chi connectivity index (χ1v) is 9.39. The van der Waals surface area contributed by atoms with Gasteiger partial charge in [0.15, 0.2) is 11.1 Å². The topological polar surface area (TPSA) is 137 Å². The summed E-state index contributed by atoms with van der Waals surface area (Å²) in [5.74, 6) is -0.703. The number of nitrogens with zero attached hydrogens (tertiary/aromatic N) is 1. The fourth-order valence-corrected chi connectivity index (χ4v) is 2.86. The van der Waals surface area contributed by atoms with E-state index in [4.69, 9.17) is 36.3 Å². The molecule has 1 aromatic heterocycles. The molecular formula is C18H23ClN2O7. The van der Waals surface area contributed by atoms with Gasteiger partial charge in [0.25, 0.3) is 0 Å². The Balaban J connectivity index is 1.84. The predicted molar refractivity (Wildman–Crippen MR) is 100 cm³/mol. The van der Waals surface area contributed by atoms with Gasteiger partial charge in [0.1, 0.15) is 5.75 Å². The largest absolute Gasteiger partial charge is 0.492 e. The fourth-order valence-electron chi connectivity index (χ4n) is 2.65. The first kappa shape index (κ1) is 20.7. The van der Waals surface area contributed by atoms with Gasteiger partial charge in [0, 0.05) is 19.1 Å². The second-order valence-electron chi connectivity index (χ2n) is 6.99. The lowest BCUT2D eigenvalue weighted by atomic mass is 10.0. The average molecular weight is 415 g/mol. The van der Waals surface area contributed by atoms with Crippen molar-refractivity contribution >= 4 is 28.7 Å². The van der Waals surface area contributed by atoms with Gasteiger partial charge < -0.3 is 29.8 Å². The van der Waals surface area contributed by atoms with Crippen molar-refractivity contribution < 1.29 is 28.9 Å². The van der Waals surface area contributed by atoms with E-state index in [1.807, 2.05) is 0 Å². The van der Waals surface area contributed by atoms with Gasteiger partial charge in [-0.3, -0.25) is 4.57 Å². The van der Waals surface area contributed by atoms with Crippen LogP contribution in [0.25, 0.3) is 11.1 Å². The summed E-state index contributed by atoms with van der Waals surface area (Å²) >= 11 is 6.26. The summed E-state index contributed by atoms with van der Waals surface area (Å²) in [5, 5.41) is 18.7. The fraction of sp³-hybridized carbons (Fsp3) is 0.556. The molecule has 0 saturated heterocycles. The summed E-state index contributed by atoms with van der Waals surface area (Å²) < 4.78 is 17.0. The van der Waals surface area contributed by atoms with E-state index >= 15 is 0 Å². The summed E-state index contributed by atoms with van der Waals surface area (Å²) in [5.41, 5.74) is 4.68. The molecule has 1 aliphatic carbocycles. The molecule has 4 N–H and O–H groups in total. The average Bonchev–Trinajstić information content (AvgIpc) is 3.45. The van der Waals surface area contributed by atoms with E-state index in [0.29, 0.717) is 28.8 Å². The van der Waals surface area contributed by atoms with Crippen molar-refractivity contribution in [2.24, 2.45) is 11.7 Å². The van der Waals surface area contributed by atoms with Gasteiger partial charge in [0.05, 0.1) is 36.9 Å². The molecule has 1 heterocycles. The molecule has 0 spiro atoms. The summed E-state index contributed by atoms with van der Waals surface area (Å²) in [7, 11) is 0. The molecule has 154 valence electrons. The zero-order valence-corrected chi connectivity index (χ0v) is 16.0.